The lowest BCUT2D eigenvalue weighted by Gasteiger charge is -2.46. The fourth-order valence-electron chi connectivity index (χ4n) is 5.42. The predicted molar refractivity (Wildman–Crippen MR) is 132 cm³/mol. The van der Waals surface area contributed by atoms with Crippen molar-refractivity contribution in [3.8, 4) is 17.0 Å². The van der Waals surface area contributed by atoms with E-state index in [1.165, 1.54) is 6.33 Å². The van der Waals surface area contributed by atoms with Gasteiger partial charge in [-0.2, -0.15) is 5.10 Å². The van der Waals surface area contributed by atoms with E-state index in [-0.39, 0.29) is 17.8 Å². The molecule has 0 aromatic carbocycles. The molecular weight excluding hydrogens is 449 g/mol. The molecule has 1 N–H and O–H groups in total. The number of piperazine rings is 1. The van der Waals surface area contributed by atoms with Crippen LogP contribution in [0.3, 0.4) is 0 Å². The number of ether oxygens (including phenoxy) is 2. The van der Waals surface area contributed by atoms with Gasteiger partial charge in [0.2, 0.25) is 0 Å². The molecule has 2 fully saturated rings. The lowest BCUT2D eigenvalue weighted by atomic mass is 9.96. The normalized spacial score (nSPS) is 19.7. The minimum absolute atomic E-state index is 0.0776. The van der Waals surface area contributed by atoms with Crippen molar-refractivity contribution in [2.45, 2.75) is 38.8 Å². The van der Waals surface area contributed by atoms with Crippen molar-refractivity contribution >= 4 is 22.4 Å². The van der Waals surface area contributed by atoms with Crippen molar-refractivity contribution < 1.29 is 13.9 Å². The summed E-state index contributed by atoms with van der Waals surface area (Å²) >= 11 is 0. The molecule has 0 aliphatic carbocycles. The molecule has 2 aliphatic heterocycles. The number of pyridine rings is 2. The Morgan fingerprint density at radius 1 is 1.23 bits per heavy atom. The van der Waals surface area contributed by atoms with Crippen LogP contribution in [0.15, 0.2) is 24.8 Å². The molecule has 0 amide bonds. The van der Waals surface area contributed by atoms with Crippen LogP contribution in [0.4, 0.5) is 10.2 Å². The molecule has 4 aromatic rings. The van der Waals surface area contributed by atoms with E-state index in [2.05, 4.69) is 50.6 Å². The van der Waals surface area contributed by atoms with Gasteiger partial charge in [0.25, 0.3) is 0 Å². The minimum Gasteiger partial charge on any atom is -0.493 e. The second-order valence-electron chi connectivity index (χ2n) is 9.81. The number of fused-ring (bicyclic) bond motifs is 2. The van der Waals surface area contributed by atoms with E-state index in [1.54, 1.807) is 17.8 Å². The van der Waals surface area contributed by atoms with Gasteiger partial charge in [-0.1, -0.05) is 13.8 Å². The summed E-state index contributed by atoms with van der Waals surface area (Å²) in [6.45, 7) is 10.4. The molecule has 1 atom stereocenters. The highest BCUT2D eigenvalue weighted by Gasteiger charge is 2.34. The summed E-state index contributed by atoms with van der Waals surface area (Å²) in [4.78, 5) is 16.8. The number of H-pyrrole nitrogens is 1. The zero-order chi connectivity index (χ0) is 24.3. The van der Waals surface area contributed by atoms with Crippen molar-refractivity contribution in [2.75, 3.05) is 44.9 Å². The zero-order valence-electron chi connectivity index (χ0n) is 20.5. The first-order valence-electron chi connectivity index (χ1n) is 12.1. The highest BCUT2D eigenvalue weighted by Crippen LogP contribution is 2.40. The minimum atomic E-state index is -0.269. The molecule has 184 valence electrons. The van der Waals surface area contributed by atoms with Crippen LogP contribution >= 0.6 is 0 Å². The monoisotopic (exact) mass is 479 g/mol. The molecule has 0 saturated carbocycles. The van der Waals surface area contributed by atoms with Gasteiger partial charge in [0, 0.05) is 42.8 Å². The summed E-state index contributed by atoms with van der Waals surface area (Å²) in [6.07, 6.45) is 5.14. The second-order valence-corrected chi connectivity index (χ2v) is 9.81. The number of methoxy groups -OCH3 is 1. The Hall–Kier alpha value is -3.24. The lowest BCUT2D eigenvalue weighted by molar-refractivity contribution is -0.0692. The molecule has 4 aromatic heterocycles. The average Bonchev–Trinajstić information content (AvgIpc) is 3.43. The van der Waals surface area contributed by atoms with Gasteiger partial charge < -0.3 is 19.4 Å². The quantitative estimate of drug-likeness (QED) is 0.469. The van der Waals surface area contributed by atoms with Gasteiger partial charge in [-0.05, 0) is 24.5 Å². The van der Waals surface area contributed by atoms with Crippen LogP contribution in [0.5, 0.6) is 5.75 Å². The van der Waals surface area contributed by atoms with E-state index in [9.17, 15) is 0 Å². The van der Waals surface area contributed by atoms with E-state index in [1.807, 2.05) is 12.3 Å². The summed E-state index contributed by atoms with van der Waals surface area (Å²) < 4.78 is 28.8. The number of nitrogens with zero attached hydrogens (tertiary/aromatic N) is 6. The SMILES string of the molecule is COc1cc(-c2[nH]c3cnc(N4CCN(C5COC5)C[C@H]4C)c(F)c3c2C(C)C)cn2ncnc12. The third-order valence-electron chi connectivity index (χ3n) is 7.29. The molecule has 0 radical (unpaired) electrons. The molecule has 35 heavy (non-hydrogen) atoms. The van der Waals surface area contributed by atoms with E-state index in [4.69, 9.17) is 9.47 Å². The standard InChI is InChI=1S/C25H30FN7O2/c1-14(2)20-21-18(30-23(20)16-7-19(34-4)24-28-13-29-33(24)10-16)8-27-25(22(21)26)32-6-5-31(9-15(32)3)17-11-35-12-17/h7-8,10,13-15,17,30H,5-6,9,11-12H2,1-4H3/t15-/m1/s1. The Kier molecular flexibility index (Phi) is 5.37. The molecule has 9 nitrogen and oxygen atoms in total. The molecule has 0 spiro atoms. The third kappa shape index (κ3) is 3.54. The number of aromatic amines is 1. The first-order chi connectivity index (χ1) is 17.0. The Bertz CT molecular complexity index is 1390. The van der Waals surface area contributed by atoms with Crippen LogP contribution in [0.1, 0.15) is 32.3 Å². The van der Waals surface area contributed by atoms with Gasteiger partial charge in [-0.3, -0.25) is 4.90 Å². The van der Waals surface area contributed by atoms with Crippen LogP contribution < -0.4 is 9.64 Å². The predicted octanol–water partition coefficient (Wildman–Crippen LogP) is 3.45. The number of rotatable bonds is 5. The Morgan fingerprint density at radius 3 is 2.74 bits per heavy atom. The molecule has 0 unspecified atom stereocenters. The summed E-state index contributed by atoms with van der Waals surface area (Å²) in [5.74, 6) is 0.839. The van der Waals surface area contributed by atoms with E-state index in [0.29, 0.717) is 34.2 Å². The Morgan fingerprint density at radius 2 is 2.06 bits per heavy atom. The van der Waals surface area contributed by atoms with Crippen molar-refractivity contribution in [1.82, 2.24) is 29.5 Å². The Labute approximate surface area is 202 Å². The van der Waals surface area contributed by atoms with Crippen LogP contribution in [0.2, 0.25) is 0 Å². The highest BCUT2D eigenvalue weighted by molar-refractivity contribution is 5.93. The van der Waals surface area contributed by atoms with Gasteiger partial charge in [-0.25, -0.2) is 18.9 Å². The van der Waals surface area contributed by atoms with Crippen molar-refractivity contribution in [3.63, 3.8) is 0 Å². The van der Waals surface area contributed by atoms with Crippen LogP contribution in [-0.2, 0) is 4.74 Å². The molecule has 10 heteroatoms. The van der Waals surface area contributed by atoms with Crippen molar-refractivity contribution in [3.05, 3.63) is 36.2 Å². The summed E-state index contributed by atoms with van der Waals surface area (Å²) in [6, 6.07) is 2.56. The maximum atomic E-state index is 16.2. The van der Waals surface area contributed by atoms with Crippen molar-refractivity contribution in [1.29, 1.82) is 0 Å². The summed E-state index contributed by atoms with van der Waals surface area (Å²) in [7, 11) is 1.61. The number of halogens is 1. The van der Waals surface area contributed by atoms with Crippen LogP contribution in [0.25, 0.3) is 27.8 Å². The average molecular weight is 480 g/mol. The smallest absolute Gasteiger partial charge is 0.197 e. The first-order valence-corrected chi connectivity index (χ1v) is 12.1. The molecule has 2 saturated heterocycles. The van der Waals surface area contributed by atoms with Gasteiger partial charge in [-0.15, -0.1) is 0 Å². The number of hydrogen-bond donors (Lipinski definition) is 1. The third-order valence-corrected chi connectivity index (χ3v) is 7.29. The number of anilines is 1. The molecule has 6 heterocycles. The fourth-order valence-corrected chi connectivity index (χ4v) is 5.42. The number of hydrogen-bond acceptors (Lipinski definition) is 7. The molecule has 0 bridgehead atoms. The number of aromatic nitrogens is 5. The molecule has 2 aliphatic rings. The Balaban J connectivity index is 1.44. The van der Waals surface area contributed by atoms with Gasteiger partial charge in [0.05, 0.1) is 43.8 Å². The van der Waals surface area contributed by atoms with Crippen LogP contribution in [0, 0.1) is 5.82 Å². The van der Waals surface area contributed by atoms with E-state index in [0.717, 1.165) is 49.7 Å². The first kappa shape index (κ1) is 22.2. The number of nitrogens with one attached hydrogen (secondary N) is 1. The maximum Gasteiger partial charge on any atom is 0.197 e. The largest absolute Gasteiger partial charge is 0.493 e. The summed E-state index contributed by atoms with van der Waals surface area (Å²) in [5.41, 5.74) is 3.92. The second kappa shape index (κ2) is 8.46. The van der Waals surface area contributed by atoms with Gasteiger partial charge in [0.15, 0.2) is 23.0 Å². The molecule has 6 rings (SSSR count). The maximum absolute atomic E-state index is 16.2. The van der Waals surface area contributed by atoms with E-state index < -0.39 is 0 Å². The topological polar surface area (TPSA) is 83.8 Å². The van der Waals surface area contributed by atoms with Gasteiger partial charge >= 0.3 is 0 Å². The fraction of sp³-hybridized carbons (Fsp3) is 0.480. The zero-order valence-corrected chi connectivity index (χ0v) is 20.5. The molecular formula is C25H30FN7O2. The lowest BCUT2D eigenvalue weighted by Crippen LogP contribution is -2.59. The highest BCUT2D eigenvalue weighted by atomic mass is 19.1. The van der Waals surface area contributed by atoms with E-state index >= 15 is 4.39 Å². The van der Waals surface area contributed by atoms with Crippen LogP contribution in [-0.4, -0.2) is 81.5 Å². The van der Waals surface area contributed by atoms with Crippen molar-refractivity contribution in [2.24, 2.45) is 0 Å². The summed E-state index contributed by atoms with van der Waals surface area (Å²) in [5, 5.41) is 4.88. The van der Waals surface area contributed by atoms with Gasteiger partial charge in [0.1, 0.15) is 6.33 Å².